The Kier molecular flexibility index (Phi) is 10.8. The number of rotatable bonds is 10. The number of allylic oxidation sites excluding steroid dienone is 2. The lowest BCUT2D eigenvalue weighted by Crippen LogP contribution is -2.05. The van der Waals surface area contributed by atoms with E-state index in [2.05, 4.69) is 18.3 Å². The fraction of sp³-hybridized carbons (Fsp3) is 0.786. The first-order chi connectivity index (χ1) is 8.24. The van der Waals surface area contributed by atoms with E-state index in [0.717, 1.165) is 32.1 Å². The van der Waals surface area contributed by atoms with Gasteiger partial charge in [0.05, 0.1) is 6.61 Å². The van der Waals surface area contributed by atoms with E-state index in [1.54, 1.807) is 0 Å². The highest BCUT2D eigenvalue weighted by Gasteiger charge is 2.00. The Morgan fingerprint density at radius 2 is 1.94 bits per heavy atom. The summed E-state index contributed by atoms with van der Waals surface area (Å²) in [5.41, 5.74) is 1.33. The topological polar surface area (TPSA) is 38.3 Å². The van der Waals surface area contributed by atoms with Crippen molar-refractivity contribution < 1.29 is 9.53 Å². The van der Waals surface area contributed by atoms with Crippen molar-refractivity contribution in [3.63, 3.8) is 0 Å². The van der Waals surface area contributed by atoms with Gasteiger partial charge in [-0.3, -0.25) is 4.79 Å². The molecule has 0 aliphatic rings. The van der Waals surface area contributed by atoms with Crippen molar-refractivity contribution >= 4 is 5.97 Å². The molecule has 3 heteroatoms. The second-order valence-corrected chi connectivity index (χ2v) is 4.13. The van der Waals surface area contributed by atoms with E-state index in [9.17, 15) is 4.79 Å². The van der Waals surface area contributed by atoms with Gasteiger partial charge >= 0.3 is 5.97 Å². The summed E-state index contributed by atoms with van der Waals surface area (Å²) >= 11 is 0. The van der Waals surface area contributed by atoms with Crippen molar-refractivity contribution in [1.82, 2.24) is 5.32 Å². The van der Waals surface area contributed by atoms with Crippen LogP contribution in [0.5, 0.6) is 0 Å². The molecule has 0 radical (unpaired) electrons. The second kappa shape index (κ2) is 11.5. The number of unbranched alkanes of at least 4 members (excludes halogenated alkanes) is 3. The van der Waals surface area contributed by atoms with Crippen LogP contribution in [0.2, 0.25) is 0 Å². The molecule has 0 aromatic rings. The van der Waals surface area contributed by atoms with Crippen molar-refractivity contribution in [3.05, 3.63) is 11.8 Å². The molecule has 0 bridgehead atoms. The van der Waals surface area contributed by atoms with E-state index < -0.39 is 0 Å². The molecule has 100 valence electrons. The number of ether oxygens (including phenoxy) is 1. The predicted octanol–water partition coefficient (Wildman–Crippen LogP) is 3.40. The van der Waals surface area contributed by atoms with E-state index in [-0.39, 0.29) is 5.97 Å². The molecule has 0 aromatic heterocycles. The molecule has 17 heavy (non-hydrogen) atoms. The number of hydrogen-bond acceptors (Lipinski definition) is 3. The normalized spacial score (nSPS) is 11.4. The summed E-state index contributed by atoms with van der Waals surface area (Å²) in [6, 6.07) is 0. The molecular weight excluding hydrogens is 214 g/mol. The van der Waals surface area contributed by atoms with Crippen LogP contribution in [0.15, 0.2) is 11.8 Å². The Hall–Kier alpha value is -0.990. The first kappa shape index (κ1) is 16.0. The lowest BCUT2D eigenvalue weighted by atomic mass is 10.1. The predicted molar refractivity (Wildman–Crippen MR) is 71.8 cm³/mol. The Balaban J connectivity index is 3.47. The van der Waals surface area contributed by atoms with Gasteiger partial charge in [0, 0.05) is 19.2 Å². The maximum Gasteiger partial charge on any atom is 0.305 e. The summed E-state index contributed by atoms with van der Waals surface area (Å²) in [6.45, 7) is 4.52. The SMILES string of the molecule is CCC/C(=C/CCCCCC(=O)OCC)NC. The average Bonchev–Trinajstić information content (AvgIpc) is 2.32. The van der Waals surface area contributed by atoms with Gasteiger partial charge in [-0.25, -0.2) is 0 Å². The molecule has 0 fully saturated rings. The number of esters is 1. The van der Waals surface area contributed by atoms with Crippen LogP contribution in [0.4, 0.5) is 0 Å². The van der Waals surface area contributed by atoms with E-state index in [4.69, 9.17) is 4.74 Å². The molecule has 1 N–H and O–H groups in total. The fourth-order valence-corrected chi connectivity index (χ4v) is 1.70. The van der Waals surface area contributed by atoms with Crippen LogP contribution in [0.25, 0.3) is 0 Å². The van der Waals surface area contributed by atoms with Crippen LogP contribution < -0.4 is 5.32 Å². The molecule has 0 spiro atoms. The number of hydrogen-bond donors (Lipinski definition) is 1. The van der Waals surface area contributed by atoms with Gasteiger partial charge in [0.2, 0.25) is 0 Å². The number of carbonyl (C=O) groups excluding carboxylic acids is 1. The minimum Gasteiger partial charge on any atom is -0.466 e. The fourth-order valence-electron chi connectivity index (χ4n) is 1.70. The molecule has 0 saturated heterocycles. The molecule has 0 unspecified atom stereocenters. The Morgan fingerprint density at radius 3 is 2.53 bits per heavy atom. The standard InChI is InChI=1S/C14H27NO2/c1-4-10-13(15-3)11-8-6-7-9-12-14(16)17-5-2/h11,15H,4-10,12H2,1-3H3/b13-11-. The molecular formula is C14H27NO2. The largest absolute Gasteiger partial charge is 0.466 e. The monoisotopic (exact) mass is 241 g/mol. The van der Waals surface area contributed by atoms with Gasteiger partial charge in [-0.05, 0) is 32.6 Å². The smallest absolute Gasteiger partial charge is 0.305 e. The van der Waals surface area contributed by atoms with Gasteiger partial charge in [-0.15, -0.1) is 0 Å². The highest BCUT2D eigenvalue weighted by molar-refractivity contribution is 5.69. The molecule has 0 rings (SSSR count). The van der Waals surface area contributed by atoms with Crippen molar-refractivity contribution in [2.24, 2.45) is 0 Å². The van der Waals surface area contributed by atoms with Crippen LogP contribution >= 0.6 is 0 Å². The molecule has 0 heterocycles. The Morgan fingerprint density at radius 1 is 1.18 bits per heavy atom. The molecule has 0 aliphatic heterocycles. The van der Waals surface area contributed by atoms with E-state index in [1.165, 1.54) is 12.1 Å². The lowest BCUT2D eigenvalue weighted by Gasteiger charge is -2.05. The van der Waals surface area contributed by atoms with Gasteiger partial charge in [0.1, 0.15) is 0 Å². The second-order valence-electron chi connectivity index (χ2n) is 4.13. The first-order valence-electron chi connectivity index (χ1n) is 6.77. The Bertz CT molecular complexity index is 224. The maximum absolute atomic E-state index is 11.1. The minimum atomic E-state index is -0.0649. The third-order valence-electron chi connectivity index (χ3n) is 2.62. The first-order valence-corrected chi connectivity index (χ1v) is 6.77. The van der Waals surface area contributed by atoms with Gasteiger partial charge < -0.3 is 10.1 Å². The number of carbonyl (C=O) groups is 1. The minimum absolute atomic E-state index is 0.0649. The summed E-state index contributed by atoms with van der Waals surface area (Å²) in [7, 11) is 1.97. The summed E-state index contributed by atoms with van der Waals surface area (Å²) < 4.78 is 4.88. The zero-order valence-corrected chi connectivity index (χ0v) is 11.6. The lowest BCUT2D eigenvalue weighted by molar-refractivity contribution is -0.143. The summed E-state index contributed by atoms with van der Waals surface area (Å²) in [4.78, 5) is 11.1. The van der Waals surface area contributed by atoms with Crippen LogP contribution in [0, 0.1) is 0 Å². The van der Waals surface area contributed by atoms with Gasteiger partial charge in [-0.2, -0.15) is 0 Å². The highest BCUT2D eigenvalue weighted by atomic mass is 16.5. The molecule has 0 saturated carbocycles. The van der Waals surface area contributed by atoms with E-state index >= 15 is 0 Å². The van der Waals surface area contributed by atoms with Gasteiger partial charge in [0.25, 0.3) is 0 Å². The van der Waals surface area contributed by atoms with Crippen LogP contribution in [-0.2, 0) is 9.53 Å². The van der Waals surface area contributed by atoms with Crippen LogP contribution in [0.1, 0.15) is 58.8 Å². The molecule has 3 nitrogen and oxygen atoms in total. The van der Waals surface area contributed by atoms with Crippen molar-refractivity contribution in [2.75, 3.05) is 13.7 Å². The summed E-state index contributed by atoms with van der Waals surface area (Å²) in [6.07, 6.45) is 9.41. The molecule has 0 atom stereocenters. The number of nitrogens with one attached hydrogen (secondary N) is 1. The maximum atomic E-state index is 11.1. The average molecular weight is 241 g/mol. The van der Waals surface area contributed by atoms with E-state index in [0.29, 0.717) is 13.0 Å². The van der Waals surface area contributed by atoms with E-state index in [1.807, 2.05) is 14.0 Å². The van der Waals surface area contributed by atoms with Crippen molar-refractivity contribution in [1.29, 1.82) is 0 Å². The summed E-state index contributed by atoms with van der Waals surface area (Å²) in [5.74, 6) is -0.0649. The zero-order valence-electron chi connectivity index (χ0n) is 11.6. The third-order valence-corrected chi connectivity index (χ3v) is 2.62. The van der Waals surface area contributed by atoms with Crippen molar-refractivity contribution in [3.8, 4) is 0 Å². The van der Waals surface area contributed by atoms with Gasteiger partial charge in [-0.1, -0.05) is 25.8 Å². The van der Waals surface area contributed by atoms with Gasteiger partial charge in [0.15, 0.2) is 0 Å². The quantitative estimate of drug-likeness (QED) is 0.470. The zero-order chi connectivity index (χ0) is 12.9. The molecule has 0 aliphatic carbocycles. The molecule has 0 aromatic carbocycles. The summed E-state index contributed by atoms with van der Waals surface area (Å²) in [5, 5.41) is 3.22. The van der Waals surface area contributed by atoms with Crippen LogP contribution in [0.3, 0.4) is 0 Å². The van der Waals surface area contributed by atoms with Crippen molar-refractivity contribution in [2.45, 2.75) is 58.8 Å². The van der Waals surface area contributed by atoms with Crippen LogP contribution in [-0.4, -0.2) is 19.6 Å². The molecule has 0 amide bonds. The highest BCUT2D eigenvalue weighted by Crippen LogP contribution is 2.08. The Labute approximate surface area is 106 Å². The third kappa shape index (κ3) is 9.91.